The van der Waals surface area contributed by atoms with Crippen LogP contribution in [0.3, 0.4) is 0 Å². The summed E-state index contributed by atoms with van der Waals surface area (Å²) in [6.07, 6.45) is -0.552. The van der Waals surface area contributed by atoms with E-state index in [9.17, 15) is 19.5 Å². The average Bonchev–Trinajstić information content (AvgIpc) is 3.60. The quantitative estimate of drug-likeness (QED) is 0.313. The predicted molar refractivity (Wildman–Crippen MR) is 144 cm³/mol. The van der Waals surface area contributed by atoms with Crippen LogP contribution in [-0.4, -0.2) is 33.5 Å². The second-order valence-electron chi connectivity index (χ2n) is 10.2. The van der Waals surface area contributed by atoms with Gasteiger partial charge in [0.25, 0.3) is 5.56 Å². The Hall–Kier alpha value is -4.90. The summed E-state index contributed by atoms with van der Waals surface area (Å²) in [4.78, 5) is 43.7. The SMILES string of the molecule is CCC1(O)C(=O)OCc2c1cc1n(c2=O)Cc2c-1nc1cc3c(cc1c2CNC(=O)OCc1ccccc1)OCO3. The summed E-state index contributed by atoms with van der Waals surface area (Å²) in [6.45, 7) is 1.92. The van der Waals surface area contributed by atoms with Crippen molar-refractivity contribution in [2.45, 2.75) is 45.2 Å². The molecule has 2 N–H and O–H groups in total. The molecule has 1 atom stereocenters. The number of fused-ring (bicyclic) bond motifs is 6. The van der Waals surface area contributed by atoms with E-state index < -0.39 is 17.7 Å². The molecule has 0 saturated heterocycles. The highest BCUT2D eigenvalue weighted by Gasteiger charge is 2.45. The summed E-state index contributed by atoms with van der Waals surface area (Å²) >= 11 is 0. The highest BCUT2D eigenvalue weighted by molar-refractivity contribution is 5.91. The van der Waals surface area contributed by atoms with E-state index in [1.54, 1.807) is 23.6 Å². The van der Waals surface area contributed by atoms with E-state index in [0.29, 0.717) is 28.4 Å². The molecule has 7 rings (SSSR count). The molecule has 0 saturated carbocycles. The summed E-state index contributed by atoms with van der Waals surface area (Å²) in [5.41, 5.74) is 2.06. The Morgan fingerprint density at radius 3 is 2.66 bits per heavy atom. The maximum Gasteiger partial charge on any atom is 0.407 e. The summed E-state index contributed by atoms with van der Waals surface area (Å²) in [6, 6.07) is 14.6. The Labute approximate surface area is 233 Å². The number of rotatable bonds is 5. The molecule has 3 aliphatic heterocycles. The fourth-order valence-corrected chi connectivity index (χ4v) is 5.69. The van der Waals surface area contributed by atoms with E-state index in [1.807, 2.05) is 36.4 Å². The van der Waals surface area contributed by atoms with Crippen molar-refractivity contribution in [3.05, 3.63) is 86.7 Å². The lowest BCUT2D eigenvalue weighted by atomic mass is 9.86. The highest BCUT2D eigenvalue weighted by atomic mass is 16.7. The molecule has 0 fully saturated rings. The molecule has 3 aliphatic rings. The third-order valence-corrected chi connectivity index (χ3v) is 7.92. The number of pyridine rings is 2. The van der Waals surface area contributed by atoms with Gasteiger partial charge in [-0.15, -0.1) is 0 Å². The van der Waals surface area contributed by atoms with Crippen LogP contribution in [0.1, 0.15) is 41.2 Å². The first-order chi connectivity index (χ1) is 19.9. The van der Waals surface area contributed by atoms with Gasteiger partial charge in [-0.1, -0.05) is 37.3 Å². The fraction of sp³-hybridized carbons (Fsp3) is 0.267. The number of aliphatic hydroxyl groups is 1. The molecule has 5 heterocycles. The molecule has 1 unspecified atom stereocenters. The molecule has 2 aromatic carbocycles. The van der Waals surface area contributed by atoms with Crippen LogP contribution < -0.4 is 20.3 Å². The molecule has 0 radical (unpaired) electrons. The third-order valence-electron chi connectivity index (χ3n) is 7.92. The zero-order valence-electron chi connectivity index (χ0n) is 22.1. The van der Waals surface area contributed by atoms with Gasteiger partial charge in [-0.3, -0.25) is 4.79 Å². The van der Waals surface area contributed by atoms with Crippen molar-refractivity contribution in [3.63, 3.8) is 0 Å². The van der Waals surface area contributed by atoms with E-state index in [4.69, 9.17) is 23.9 Å². The van der Waals surface area contributed by atoms with E-state index >= 15 is 0 Å². The number of aromatic nitrogens is 2. The van der Waals surface area contributed by atoms with Crippen molar-refractivity contribution in [2.24, 2.45) is 0 Å². The first kappa shape index (κ1) is 25.1. The molecular formula is C30H25N3O8. The van der Waals surface area contributed by atoms with Gasteiger partial charge in [0.05, 0.1) is 29.0 Å². The lowest BCUT2D eigenvalue weighted by Gasteiger charge is -2.31. The van der Waals surface area contributed by atoms with Gasteiger partial charge in [0.2, 0.25) is 6.79 Å². The largest absolute Gasteiger partial charge is 0.458 e. The lowest BCUT2D eigenvalue weighted by molar-refractivity contribution is -0.172. The molecule has 0 spiro atoms. The Morgan fingerprint density at radius 1 is 1.10 bits per heavy atom. The van der Waals surface area contributed by atoms with Gasteiger partial charge in [0.15, 0.2) is 17.1 Å². The number of nitrogens with one attached hydrogen (secondary N) is 1. The van der Waals surface area contributed by atoms with Crippen molar-refractivity contribution in [3.8, 4) is 22.9 Å². The number of hydrogen-bond acceptors (Lipinski definition) is 9. The second kappa shape index (κ2) is 9.34. The number of carbonyl (C=O) groups is 2. The van der Waals surface area contributed by atoms with Gasteiger partial charge in [-0.2, -0.15) is 0 Å². The number of cyclic esters (lactones) is 1. The maximum atomic E-state index is 13.6. The van der Waals surface area contributed by atoms with Crippen molar-refractivity contribution in [2.75, 3.05) is 6.79 Å². The van der Waals surface area contributed by atoms with E-state index in [2.05, 4.69) is 5.32 Å². The molecule has 2 aromatic heterocycles. The number of amides is 1. The predicted octanol–water partition coefficient (Wildman–Crippen LogP) is 3.23. The zero-order valence-corrected chi connectivity index (χ0v) is 22.1. The summed E-state index contributed by atoms with van der Waals surface area (Å²) < 4.78 is 23.3. The first-order valence-corrected chi connectivity index (χ1v) is 13.2. The van der Waals surface area contributed by atoms with Crippen LogP contribution in [0.15, 0.2) is 53.3 Å². The molecule has 0 aliphatic carbocycles. The number of alkyl carbamates (subject to hydrolysis) is 1. The topological polar surface area (TPSA) is 138 Å². The molecule has 41 heavy (non-hydrogen) atoms. The molecule has 4 aromatic rings. The molecular weight excluding hydrogens is 530 g/mol. The number of nitrogens with zero attached hydrogens (tertiary/aromatic N) is 2. The standard InChI is InChI=1S/C30H25N3O8/c1-2-30(37)21-9-23-26-19(12-33(23)27(34)20(21)14-38-28(30)35)18(11-31-29(36)39-13-16-6-4-3-5-7-16)17-8-24-25(41-15-40-24)10-22(17)32-26/h3-10,37H,2,11-15H2,1H3,(H,31,36). The number of esters is 1. The molecule has 208 valence electrons. The molecule has 11 nitrogen and oxygen atoms in total. The van der Waals surface area contributed by atoms with E-state index in [0.717, 1.165) is 22.1 Å². The van der Waals surface area contributed by atoms with Gasteiger partial charge in [-0.25, -0.2) is 14.6 Å². The summed E-state index contributed by atoms with van der Waals surface area (Å²) in [5.74, 6) is 0.308. The second-order valence-corrected chi connectivity index (χ2v) is 10.2. The Balaban J connectivity index is 1.31. The zero-order chi connectivity index (χ0) is 28.3. The summed E-state index contributed by atoms with van der Waals surface area (Å²) in [7, 11) is 0. The van der Waals surface area contributed by atoms with Crippen molar-refractivity contribution >= 4 is 23.0 Å². The molecule has 11 heteroatoms. The van der Waals surface area contributed by atoms with Crippen LogP contribution in [-0.2, 0) is 46.2 Å². The molecule has 0 bridgehead atoms. The lowest BCUT2D eigenvalue weighted by Crippen LogP contribution is -2.44. The Kier molecular flexibility index (Phi) is 5.72. The Morgan fingerprint density at radius 2 is 1.88 bits per heavy atom. The first-order valence-electron chi connectivity index (χ1n) is 13.2. The van der Waals surface area contributed by atoms with Crippen LogP contribution in [0.2, 0.25) is 0 Å². The minimum absolute atomic E-state index is 0.0451. The number of hydrogen-bond donors (Lipinski definition) is 2. The molecule has 1 amide bonds. The van der Waals surface area contributed by atoms with Gasteiger partial charge < -0.3 is 33.9 Å². The van der Waals surface area contributed by atoms with E-state index in [1.165, 1.54) is 0 Å². The monoisotopic (exact) mass is 555 g/mol. The van der Waals surface area contributed by atoms with E-state index in [-0.39, 0.29) is 56.2 Å². The number of carbonyl (C=O) groups excluding carboxylic acids is 2. The minimum atomic E-state index is -1.93. The van der Waals surface area contributed by atoms with Crippen LogP contribution in [0, 0.1) is 0 Å². The van der Waals surface area contributed by atoms with Crippen LogP contribution >= 0.6 is 0 Å². The maximum absolute atomic E-state index is 13.6. The highest BCUT2D eigenvalue weighted by Crippen LogP contribution is 2.43. The number of benzene rings is 2. The minimum Gasteiger partial charge on any atom is -0.458 e. The van der Waals surface area contributed by atoms with Gasteiger partial charge >= 0.3 is 12.1 Å². The third kappa shape index (κ3) is 3.92. The van der Waals surface area contributed by atoms with Gasteiger partial charge in [0.1, 0.15) is 13.2 Å². The Bertz CT molecular complexity index is 1820. The van der Waals surface area contributed by atoms with Crippen LogP contribution in [0.5, 0.6) is 11.5 Å². The van der Waals surface area contributed by atoms with Crippen molar-refractivity contribution < 1.29 is 33.6 Å². The summed E-state index contributed by atoms with van der Waals surface area (Å²) in [5, 5.41) is 14.7. The van der Waals surface area contributed by atoms with Crippen molar-refractivity contribution in [1.82, 2.24) is 14.9 Å². The van der Waals surface area contributed by atoms with Gasteiger partial charge in [0, 0.05) is 29.1 Å². The van der Waals surface area contributed by atoms with Crippen molar-refractivity contribution in [1.29, 1.82) is 0 Å². The smallest absolute Gasteiger partial charge is 0.407 e. The number of ether oxygens (including phenoxy) is 4. The van der Waals surface area contributed by atoms with Crippen LogP contribution in [0.25, 0.3) is 22.3 Å². The normalized spacial score (nSPS) is 18.0. The van der Waals surface area contributed by atoms with Crippen LogP contribution in [0.4, 0.5) is 4.79 Å². The average molecular weight is 556 g/mol. The van der Waals surface area contributed by atoms with Gasteiger partial charge in [-0.05, 0) is 29.7 Å². The fourth-order valence-electron chi connectivity index (χ4n) is 5.69.